The van der Waals surface area contributed by atoms with Gasteiger partial charge in [-0.3, -0.25) is 4.79 Å². The summed E-state index contributed by atoms with van der Waals surface area (Å²) in [5.41, 5.74) is 0. The van der Waals surface area contributed by atoms with Crippen molar-refractivity contribution in [3.8, 4) is 0 Å². The van der Waals surface area contributed by atoms with E-state index in [4.69, 9.17) is 0 Å². The first-order valence-corrected chi connectivity index (χ1v) is 5.52. The van der Waals surface area contributed by atoms with Gasteiger partial charge < -0.3 is 4.74 Å². The molecular weight excluding hydrogens is 253 g/mol. The highest BCUT2D eigenvalue weighted by atomic mass is 32.2. The van der Waals surface area contributed by atoms with Crippen molar-refractivity contribution in [2.24, 2.45) is 0 Å². The Hall–Kier alpha value is -0.870. The Morgan fingerprint density at radius 3 is 2.31 bits per heavy atom. The van der Waals surface area contributed by atoms with Crippen LogP contribution in [0.4, 0.5) is 13.2 Å². The zero-order valence-corrected chi connectivity index (χ0v) is 9.11. The second-order valence-electron chi connectivity index (χ2n) is 2.66. The standard InChI is InChI=1S/C6H11F3N2O4S/c1-15-5(12)2-3-10-16(13,14)11-4-6(7,8)9/h10-11H,2-4H2,1H3. The molecule has 0 amide bonds. The summed E-state index contributed by atoms with van der Waals surface area (Å²) >= 11 is 0. The molecule has 0 saturated heterocycles. The van der Waals surface area contributed by atoms with Gasteiger partial charge in [-0.25, -0.2) is 4.72 Å². The Labute approximate surface area is 90.3 Å². The molecule has 0 aromatic carbocycles. The highest BCUT2D eigenvalue weighted by molar-refractivity contribution is 7.87. The molecule has 0 atom stereocenters. The Bertz CT molecular complexity index is 327. The SMILES string of the molecule is COC(=O)CCNS(=O)(=O)NCC(F)(F)F. The van der Waals surface area contributed by atoms with Gasteiger partial charge in [0.05, 0.1) is 13.5 Å². The lowest BCUT2D eigenvalue weighted by Crippen LogP contribution is -2.42. The van der Waals surface area contributed by atoms with E-state index in [-0.39, 0.29) is 13.0 Å². The van der Waals surface area contributed by atoms with Crippen molar-refractivity contribution in [2.75, 3.05) is 20.2 Å². The van der Waals surface area contributed by atoms with Gasteiger partial charge in [-0.05, 0) is 0 Å². The minimum Gasteiger partial charge on any atom is -0.469 e. The van der Waals surface area contributed by atoms with Gasteiger partial charge in [-0.2, -0.15) is 26.3 Å². The number of hydrogen-bond acceptors (Lipinski definition) is 4. The first kappa shape index (κ1) is 15.1. The number of ether oxygens (including phenoxy) is 1. The van der Waals surface area contributed by atoms with Crippen LogP contribution in [0.2, 0.25) is 0 Å². The van der Waals surface area contributed by atoms with Gasteiger partial charge in [0, 0.05) is 6.54 Å². The van der Waals surface area contributed by atoms with E-state index in [1.807, 2.05) is 0 Å². The molecule has 0 spiro atoms. The maximum absolute atomic E-state index is 11.7. The molecule has 0 bridgehead atoms. The normalized spacial score (nSPS) is 12.5. The molecule has 0 rings (SSSR count). The first-order chi connectivity index (χ1) is 7.16. The summed E-state index contributed by atoms with van der Waals surface area (Å²) in [6.07, 6.45) is -4.89. The van der Waals surface area contributed by atoms with Gasteiger partial charge in [0.25, 0.3) is 10.2 Å². The van der Waals surface area contributed by atoms with Crippen LogP contribution in [0.15, 0.2) is 0 Å². The minimum atomic E-state index is -4.63. The third kappa shape index (κ3) is 8.44. The number of halogens is 3. The van der Waals surface area contributed by atoms with Crippen molar-refractivity contribution in [3.63, 3.8) is 0 Å². The predicted octanol–water partition coefficient (Wildman–Crippen LogP) is -0.464. The molecule has 0 radical (unpaired) electrons. The van der Waals surface area contributed by atoms with Crippen LogP contribution in [-0.4, -0.2) is 40.8 Å². The zero-order valence-electron chi connectivity index (χ0n) is 8.30. The summed E-state index contributed by atoms with van der Waals surface area (Å²) < 4.78 is 64.0. The summed E-state index contributed by atoms with van der Waals surface area (Å²) in [5, 5.41) is 0. The smallest absolute Gasteiger partial charge is 0.402 e. The van der Waals surface area contributed by atoms with E-state index < -0.39 is 28.9 Å². The molecule has 2 N–H and O–H groups in total. The fourth-order valence-electron chi connectivity index (χ4n) is 0.617. The molecule has 0 unspecified atom stereocenters. The van der Waals surface area contributed by atoms with E-state index in [2.05, 4.69) is 4.74 Å². The van der Waals surface area contributed by atoms with E-state index in [1.54, 1.807) is 4.72 Å². The van der Waals surface area contributed by atoms with E-state index >= 15 is 0 Å². The summed E-state index contributed by atoms with van der Waals surface area (Å²) in [7, 11) is -3.14. The largest absolute Gasteiger partial charge is 0.469 e. The van der Waals surface area contributed by atoms with Crippen LogP contribution in [0.5, 0.6) is 0 Å². The highest BCUT2D eigenvalue weighted by Crippen LogP contribution is 2.12. The highest BCUT2D eigenvalue weighted by Gasteiger charge is 2.29. The predicted molar refractivity (Wildman–Crippen MR) is 47.6 cm³/mol. The average molecular weight is 264 g/mol. The number of methoxy groups -OCH3 is 1. The van der Waals surface area contributed by atoms with Crippen LogP contribution in [-0.2, 0) is 19.7 Å². The molecule has 10 heteroatoms. The van der Waals surface area contributed by atoms with E-state index in [0.29, 0.717) is 0 Å². The van der Waals surface area contributed by atoms with Gasteiger partial charge in [0.2, 0.25) is 0 Å². The van der Waals surface area contributed by atoms with Crippen LogP contribution in [0.1, 0.15) is 6.42 Å². The quantitative estimate of drug-likeness (QED) is 0.635. The average Bonchev–Trinajstić information content (AvgIpc) is 2.13. The molecule has 0 saturated carbocycles. The van der Waals surface area contributed by atoms with Gasteiger partial charge in [0.15, 0.2) is 0 Å². The molecular formula is C6H11F3N2O4S. The summed E-state index contributed by atoms with van der Waals surface area (Å²) in [5.74, 6) is -0.668. The lowest BCUT2D eigenvalue weighted by atomic mass is 10.4. The van der Waals surface area contributed by atoms with Gasteiger partial charge >= 0.3 is 12.1 Å². The zero-order chi connectivity index (χ0) is 12.8. The number of carbonyl (C=O) groups is 1. The van der Waals surface area contributed by atoms with Crippen molar-refractivity contribution in [1.82, 2.24) is 9.44 Å². The van der Waals surface area contributed by atoms with E-state index in [0.717, 1.165) is 7.11 Å². The summed E-state index contributed by atoms with van der Waals surface area (Å²) in [6.45, 7) is -2.00. The minimum absolute atomic E-state index is 0.260. The lowest BCUT2D eigenvalue weighted by Gasteiger charge is -2.09. The summed E-state index contributed by atoms with van der Waals surface area (Å²) in [6, 6.07) is 0. The van der Waals surface area contributed by atoms with E-state index in [1.165, 1.54) is 4.72 Å². The molecule has 0 aliphatic rings. The van der Waals surface area contributed by atoms with E-state index in [9.17, 15) is 26.4 Å². The molecule has 0 heterocycles. The molecule has 0 aromatic rings. The van der Waals surface area contributed by atoms with Crippen LogP contribution in [0.3, 0.4) is 0 Å². The van der Waals surface area contributed by atoms with Crippen molar-refractivity contribution < 1.29 is 31.1 Å². The number of carbonyl (C=O) groups excluding carboxylic acids is 1. The first-order valence-electron chi connectivity index (χ1n) is 4.04. The second-order valence-corrected chi connectivity index (χ2v) is 4.24. The fourth-order valence-corrected chi connectivity index (χ4v) is 1.44. The topological polar surface area (TPSA) is 84.5 Å². The number of esters is 1. The van der Waals surface area contributed by atoms with Crippen molar-refractivity contribution >= 4 is 16.2 Å². The van der Waals surface area contributed by atoms with Crippen LogP contribution < -0.4 is 9.44 Å². The third-order valence-corrected chi connectivity index (χ3v) is 2.42. The van der Waals surface area contributed by atoms with Crippen molar-refractivity contribution in [3.05, 3.63) is 0 Å². The van der Waals surface area contributed by atoms with Crippen molar-refractivity contribution in [1.29, 1.82) is 0 Å². The molecule has 16 heavy (non-hydrogen) atoms. The monoisotopic (exact) mass is 264 g/mol. The Kier molecular flexibility index (Phi) is 5.68. The maximum Gasteiger partial charge on any atom is 0.402 e. The Morgan fingerprint density at radius 1 is 1.31 bits per heavy atom. The van der Waals surface area contributed by atoms with Crippen molar-refractivity contribution in [2.45, 2.75) is 12.6 Å². The van der Waals surface area contributed by atoms with Gasteiger partial charge in [-0.15, -0.1) is 0 Å². The third-order valence-electron chi connectivity index (χ3n) is 1.31. The number of nitrogens with one attached hydrogen (secondary N) is 2. The van der Waals surface area contributed by atoms with Crippen LogP contribution >= 0.6 is 0 Å². The molecule has 0 aliphatic heterocycles. The lowest BCUT2D eigenvalue weighted by molar-refractivity contribution is -0.140. The number of alkyl halides is 3. The second kappa shape index (κ2) is 6.01. The molecule has 6 nitrogen and oxygen atoms in total. The Morgan fingerprint density at radius 2 is 1.88 bits per heavy atom. The Balaban J connectivity index is 3.93. The van der Waals surface area contributed by atoms with Crippen LogP contribution in [0.25, 0.3) is 0 Å². The maximum atomic E-state index is 11.7. The molecule has 0 aromatic heterocycles. The van der Waals surface area contributed by atoms with Gasteiger partial charge in [0.1, 0.15) is 6.54 Å². The van der Waals surface area contributed by atoms with Crippen LogP contribution in [0, 0.1) is 0 Å². The number of hydrogen-bond donors (Lipinski definition) is 2. The molecule has 96 valence electrons. The fraction of sp³-hybridized carbons (Fsp3) is 0.833. The molecule has 0 aliphatic carbocycles. The summed E-state index contributed by atoms with van der Waals surface area (Å²) in [4.78, 5) is 10.6. The molecule has 0 fully saturated rings. The number of rotatable bonds is 6. The van der Waals surface area contributed by atoms with Gasteiger partial charge in [-0.1, -0.05) is 0 Å².